The molecule has 6 rings (SSSR count). The third kappa shape index (κ3) is 8.39. The Labute approximate surface area is 302 Å². The monoisotopic (exact) mass is 702 g/mol. The van der Waals surface area contributed by atoms with Crippen LogP contribution in [-0.2, 0) is 9.59 Å². The van der Waals surface area contributed by atoms with Crippen LogP contribution in [0.5, 0.6) is 11.5 Å². The van der Waals surface area contributed by atoms with Gasteiger partial charge in [0.2, 0.25) is 0 Å². The van der Waals surface area contributed by atoms with E-state index in [-0.39, 0.29) is 29.5 Å². The van der Waals surface area contributed by atoms with Gasteiger partial charge in [-0.15, -0.1) is 0 Å². The van der Waals surface area contributed by atoms with Crippen LogP contribution in [0, 0.1) is 72.2 Å². The number of ether oxygens (including phenoxy) is 2. The first-order chi connectivity index (χ1) is 23.8. The smallest absolute Gasteiger partial charge is 0.314 e. The number of nitrogens with zero attached hydrogens (tertiary/aromatic N) is 2. The maximum absolute atomic E-state index is 13.6. The van der Waals surface area contributed by atoms with Gasteiger partial charge in [0.15, 0.2) is 0 Å². The van der Waals surface area contributed by atoms with Crippen molar-refractivity contribution >= 4 is 35.5 Å². The van der Waals surface area contributed by atoms with Gasteiger partial charge in [0, 0.05) is 0 Å². The minimum absolute atomic E-state index is 0.00371. The van der Waals surface area contributed by atoms with Crippen LogP contribution in [0.1, 0.15) is 135 Å². The lowest BCUT2D eigenvalue weighted by Gasteiger charge is -2.37. The van der Waals surface area contributed by atoms with E-state index >= 15 is 0 Å². The van der Waals surface area contributed by atoms with Crippen LogP contribution in [-0.4, -0.2) is 11.9 Å². The average molecular weight is 703 g/mol. The largest absolute Gasteiger partial charge is 0.425 e. The van der Waals surface area contributed by atoms with Crippen molar-refractivity contribution < 1.29 is 19.1 Å². The molecule has 8 heteroatoms. The van der Waals surface area contributed by atoms with Gasteiger partial charge in [-0.25, -0.2) is 10.1 Å². The number of thioether (sulfide) groups is 2. The van der Waals surface area contributed by atoms with Gasteiger partial charge in [-0.05, 0) is 131 Å². The number of hydrogen-bond acceptors (Lipinski definition) is 7. The van der Waals surface area contributed by atoms with E-state index in [1.807, 2.05) is 13.0 Å². The summed E-state index contributed by atoms with van der Waals surface area (Å²) in [4.78, 5) is 32.0. The van der Waals surface area contributed by atoms with Gasteiger partial charge in [0.1, 0.15) is 11.5 Å². The normalized spacial score (nSPS) is 32.7. The van der Waals surface area contributed by atoms with Crippen molar-refractivity contribution in [2.24, 2.45) is 47.3 Å². The van der Waals surface area contributed by atoms with E-state index in [1.54, 1.807) is 6.07 Å². The lowest BCUT2D eigenvalue weighted by atomic mass is 9.69. The zero-order valence-corrected chi connectivity index (χ0v) is 31.4. The molecule has 1 aromatic rings. The Kier molecular flexibility index (Phi) is 12.4. The number of nitriles is 1. The maximum atomic E-state index is 13.6. The number of carbonyl (C=O) groups excluding carboxylic acids is 2. The second-order valence-electron chi connectivity index (χ2n) is 15.7. The quantitative estimate of drug-likeness (QED) is 0.115. The van der Waals surface area contributed by atoms with Crippen LogP contribution in [0.2, 0.25) is 0 Å². The zero-order valence-electron chi connectivity index (χ0n) is 29.8. The molecule has 1 aromatic carbocycles. The summed E-state index contributed by atoms with van der Waals surface area (Å²) in [5.41, 5.74) is 0.717. The zero-order chi connectivity index (χ0) is 34.5. The van der Waals surface area contributed by atoms with E-state index in [9.17, 15) is 14.9 Å². The van der Waals surface area contributed by atoms with Gasteiger partial charge in [-0.2, -0.15) is 0 Å². The van der Waals surface area contributed by atoms with Gasteiger partial charge in [0.25, 0.3) is 5.70 Å². The molecule has 1 heterocycles. The third-order valence-electron chi connectivity index (χ3n) is 13.0. The highest BCUT2D eigenvalue weighted by atomic mass is 32.2. The number of fused-ring (bicyclic) bond motifs is 1. The summed E-state index contributed by atoms with van der Waals surface area (Å²) in [6.07, 6.45) is 21.1. The molecule has 4 aliphatic carbocycles. The Balaban J connectivity index is 1.11. The number of esters is 2. The first kappa shape index (κ1) is 36.4. The van der Waals surface area contributed by atoms with Crippen molar-refractivity contribution in [1.29, 1.82) is 5.26 Å². The van der Waals surface area contributed by atoms with Crippen molar-refractivity contribution in [1.82, 2.24) is 0 Å². The van der Waals surface area contributed by atoms with Crippen molar-refractivity contribution in [3.63, 3.8) is 0 Å². The highest BCUT2D eigenvalue weighted by molar-refractivity contribution is 8.24. The molecule has 6 nitrogen and oxygen atoms in total. The Morgan fingerprint density at radius 1 is 0.735 bits per heavy atom. The van der Waals surface area contributed by atoms with Crippen LogP contribution < -0.4 is 9.47 Å². The number of allylic oxidation sites excluding steroid dienone is 1. The fourth-order valence-corrected chi connectivity index (χ4v) is 12.2. The number of rotatable bonds is 8. The molecule has 1 aliphatic heterocycles. The summed E-state index contributed by atoms with van der Waals surface area (Å²) in [5.74, 6) is 5.09. The molecule has 0 amide bonds. The lowest BCUT2D eigenvalue weighted by molar-refractivity contribution is -0.142. The summed E-state index contributed by atoms with van der Waals surface area (Å²) in [7, 11) is 0. The van der Waals surface area contributed by atoms with Crippen LogP contribution in [0.4, 0.5) is 0 Å². The third-order valence-corrected chi connectivity index (χ3v) is 15.6. The molecule has 0 bridgehead atoms. The molecular formula is C41H54N2O4S2. The molecule has 0 N–H and O–H groups in total. The van der Waals surface area contributed by atoms with Crippen molar-refractivity contribution in [3.05, 3.63) is 33.0 Å². The first-order valence-electron chi connectivity index (χ1n) is 19.3. The molecule has 4 saturated carbocycles. The lowest BCUT2D eigenvalue weighted by Crippen LogP contribution is -2.30. The van der Waals surface area contributed by atoms with E-state index in [2.05, 4.69) is 18.7 Å². The second kappa shape index (κ2) is 16.7. The Hall–Kier alpha value is -2.42. The standard InChI is InChI=1S/C41H54N2O4S2/c1-5-26-7-11-28(12-8-26)30-15-19-32(20-16-30)39(44)46-35-23-25(3)36(38-37(35)48-41(49-38)34(24-42)43-4)47-40(45)33-21-17-31(18-22-33)29-13-9-27(6-2)10-14-29/h23,26-33H,5-22H2,1-3H3/b41-34-. The summed E-state index contributed by atoms with van der Waals surface area (Å²) in [6, 6.07) is 3.82. The van der Waals surface area contributed by atoms with Gasteiger partial charge in [-0.1, -0.05) is 75.9 Å². The molecule has 4 fully saturated rings. The van der Waals surface area contributed by atoms with Gasteiger partial charge in [-0.3, -0.25) is 9.59 Å². The molecule has 0 spiro atoms. The second-order valence-corrected chi connectivity index (χ2v) is 18.0. The number of benzene rings is 1. The number of hydrogen-bond donors (Lipinski definition) is 0. The maximum Gasteiger partial charge on any atom is 0.314 e. The molecule has 0 radical (unpaired) electrons. The average Bonchev–Trinajstić information content (AvgIpc) is 3.59. The van der Waals surface area contributed by atoms with Crippen LogP contribution in [0.15, 0.2) is 25.8 Å². The fraction of sp³-hybridized carbons (Fsp3) is 0.707. The summed E-state index contributed by atoms with van der Waals surface area (Å²) in [6.45, 7) is 14.0. The Morgan fingerprint density at radius 2 is 1.16 bits per heavy atom. The van der Waals surface area contributed by atoms with Crippen LogP contribution in [0.25, 0.3) is 4.85 Å². The van der Waals surface area contributed by atoms with Crippen molar-refractivity contribution in [2.75, 3.05) is 0 Å². The van der Waals surface area contributed by atoms with Crippen LogP contribution >= 0.6 is 23.5 Å². The highest BCUT2D eigenvalue weighted by Gasteiger charge is 2.38. The van der Waals surface area contributed by atoms with E-state index in [1.165, 1.54) is 87.7 Å². The van der Waals surface area contributed by atoms with E-state index in [0.29, 0.717) is 25.5 Å². The number of carbonyl (C=O) groups is 2. The van der Waals surface area contributed by atoms with E-state index in [0.717, 1.165) is 92.4 Å². The van der Waals surface area contributed by atoms with Crippen LogP contribution in [0.3, 0.4) is 0 Å². The first-order valence-corrected chi connectivity index (χ1v) is 20.9. The molecule has 0 saturated heterocycles. The molecule has 5 aliphatic rings. The van der Waals surface area contributed by atoms with Crippen molar-refractivity contribution in [2.45, 2.75) is 146 Å². The molecule has 0 unspecified atom stereocenters. The fourth-order valence-electron chi connectivity index (χ4n) is 9.70. The summed E-state index contributed by atoms with van der Waals surface area (Å²) >= 11 is 2.55. The number of aryl methyl sites for hydroxylation is 1. The summed E-state index contributed by atoms with van der Waals surface area (Å²) < 4.78 is 12.9. The minimum atomic E-state index is -0.201. The van der Waals surface area contributed by atoms with E-state index < -0.39 is 0 Å². The van der Waals surface area contributed by atoms with E-state index in [4.69, 9.17) is 16.0 Å². The summed E-state index contributed by atoms with van der Waals surface area (Å²) in [5, 5.41) is 9.65. The van der Waals surface area contributed by atoms with Gasteiger partial charge < -0.3 is 9.47 Å². The molecule has 264 valence electrons. The molecular weight excluding hydrogens is 649 g/mol. The van der Waals surface area contributed by atoms with Gasteiger partial charge in [0.05, 0.1) is 38.5 Å². The van der Waals surface area contributed by atoms with Crippen molar-refractivity contribution in [3.8, 4) is 17.6 Å². The Bertz CT molecular complexity index is 1460. The SMILES string of the molecule is [C-]#[N+]/C(C#N)=C1/Sc2c(OC(=O)C3CCC(C4CCC(CC)CC4)CC3)cc(C)c(OC(=O)C3CCC(C4CCC(CC)CC4)CC3)c2S1. The Morgan fingerprint density at radius 3 is 1.59 bits per heavy atom. The molecule has 49 heavy (non-hydrogen) atoms. The highest BCUT2D eigenvalue weighted by Crippen LogP contribution is 2.60. The topological polar surface area (TPSA) is 80.8 Å². The predicted molar refractivity (Wildman–Crippen MR) is 196 cm³/mol. The van der Waals surface area contributed by atoms with Gasteiger partial charge >= 0.3 is 11.9 Å². The predicted octanol–water partition coefficient (Wildman–Crippen LogP) is 11.7. The molecule has 0 atom stereocenters. The molecule has 0 aromatic heterocycles. The minimum Gasteiger partial charge on any atom is -0.425 e.